The maximum Gasteiger partial charge on any atom is 0.425 e. The van der Waals surface area contributed by atoms with Gasteiger partial charge in [0.1, 0.15) is 10.6 Å². The van der Waals surface area contributed by atoms with Crippen LogP contribution in [0.5, 0.6) is 5.75 Å². The van der Waals surface area contributed by atoms with E-state index < -0.39 is 51.8 Å². The van der Waals surface area contributed by atoms with Gasteiger partial charge in [0, 0.05) is 74.6 Å². The minimum Gasteiger partial charge on any atom is -0.474 e. The average molecular weight is 731 g/mol. The molecule has 2 aromatic heterocycles. The Balaban J connectivity index is 1.44. The SMILES string of the molecule is O=C(c1cnccc1C(F)(F)F)N1CCC[C@](Oc2csc(C(F)(F)F)c2)(C(=O)N2CCc3ccc(Cl)cc3C2)[C@H]1CCN1CCOCC1. The number of nitrogens with zero attached hydrogens (tertiary/aromatic N) is 4. The quantitative estimate of drug-likeness (QED) is 0.257. The van der Waals surface area contributed by atoms with Gasteiger partial charge in [-0.05, 0) is 48.6 Å². The zero-order valence-electron chi connectivity index (χ0n) is 26.2. The maximum absolute atomic E-state index is 15.0. The summed E-state index contributed by atoms with van der Waals surface area (Å²) in [6.07, 6.45) is -7.04. The molecule has 0 saturated carbocycles. The van der Waals surface area contributed by atoms with E-state index in [4.69, 9.17) is 21.1 Å². The number of aromatic nitrogens is 1. The molecule has 8 nitrogen and oxygen atoms in total. The minimum atomic E-state index is -4.87. The molecule has 1 aromatic carbocycles. The predicted molar refractivity (Wildman–Crippen MR) is 168 cm³/mol. The molecule has 16 heteroatoms. The first-order valence-electron chi connectivity index (χ1n) is 15.8. The second-order valence-corrected chi connectivity index (χ2v) is 13.7. The number of alkyl halides is 6. The molecule has 2 saturated heterocycles. The number of amides is 2. The second-order valence-electron chi connectivity index (χ2n) is 12.3. The highest BCUT2D eigenvalue weighted by atomic mass is 35.5. The first-order valence-corrected chi connectivity index (χ1v) is 17.1. The normalized spacial score (nSPS) is 22.1. The van der Waals surface area contributed by atoms with Crippen molar-refractivity contribution in [2.75, 3.05) is 45.9 Å². The number of benzene rings is 1. The molecule has 5 heterocycles. The molecule has 3 aromatic rings. The minimum absolute atomic E-state index is 0.00687. The molecule has 0 radical (unpaired) electrons. The van der Waals surface area contributed by atoms with E-state index in [1.54, 1.807) is 12.1 Å². The van der Waals surface area contributed by atoms with Crippen LogP contribution in [-0.4, -0.2) is 89.1 Å². The van der Waals surface area contributed by atoms with Crippen molar-refractivity contribution < 1.29 is 45.4 Å². The van der Waals surface area contributed by atoms with Crippen molar-refractivity contribution in [3.05, 3.63) is 80.3 Å². The summed E-state index contributed by atoms with van der Waals surface area (Å²) in [5, 5.41) is 1.62. The van der Waals surface area contributed by atoms with E-state index >= 15 is 0 Å². The zero-order valence-corrected chi connectivity index (χ0v) is 27.7. The van der Waals surface area contributed by atoms with E-state index in [1.807, 2.05) is 11.0 Å². The second kappa shape index (κ2) is 14.1. The third-order valence-corrected chi connectivity index (χ3v) is 10.5. The molecule has 3 aliphatic rings. The third kappa shape index (κ3) is 7.54. The van der Waals surface area contributed by atoms with Crippen LogP contribution < -0.4 is 4.74 Å². The fourth-order valence-electron chi connectivity index (χ4n) is 6.92. The van der Waals surface area contributed by atoms with Crippen LogP contribution in [0.25, 0.3) is 0 Å². The monoisotopic (exact) mass is 730 g/mol. The molecule has 264 valence electrons. The highest BCUT2D eigenvalue weighted by Gasteiger charge is 2.56. The number of morpholine rings is 1. The molecule has 0 N–H and O–H groups in total. The van der Waals surface area contributed by atoms with Gasteiger partial charge in [-0.2, -0.15) is 26.3 Å². The van der Waals surface area contributed by atoms with Crippen molar-refractivity contribution in [3.8, 4) is 5.75 Å². The Hall–Kier alpha value is -3.40. The first-order chi connectivity index (χ1) is 23.3. The predicted octanol–water partition coefficient (Wildman–Crippen LogP) is 6.56. The Morgan fingerprint density at radius 3 is 2.51 bits per heavy atom. The number of likely N-dealkylation sites (tertiary alicyclic amines) is 1. The molecule has 2 atom stereocenters. The number of ether oxygens (including phenoxy) is 2. The zero-order chi connectivity index (χ0) is 35.0. The molecule has 2 fully saturated rings. The standard InChI is InChI=1S/C33H33ClF6N4O4S/c34-23-3-2-21-5-11-43(19-22(21)16-23)30(46)31(48-24-17-28(49-20-24)33(38,39)40)7-1-9-44(27(31)6-10-42-12-14-47-15-13-42)29(45)25-18-41-8-4-26(25)32(35,36)37/h2-4,8,16-18,20,27H,1,5-7,9-15,19H2/t27-,31-/m1/s1. The molecule has 0 bridgehead atoms. The number of piperidine rings is 1. The first kappa shape index (κ1) is 35.4. The molecule has 0 aliphatic carbocycles. The molecule has 0 unspecified atom stereocenters. The molecule has 3 aliphatic heterocycles. The van der Waals surface area contributed by atoms with Crippen molar-refractivity contribution in [3.63, 3.8) is 0 Å². The van der Waals surface area contributed by atoms with Crippen LogP contribution in [-0.2, 0) is 34.8 Å². The van der Waals surface area contributed by atoms with Gasteiger partial charge in [0.25, 0.3) is 11.8 Å². The number of carbonyl (C=O) groups is 2. The highest BCUT2D eigenvalue weighted by Crippen LogP contribution is 2.43. The largest absolute Gasteiger partial charge is 0.474 e. The topological polar surface area (TPSA) is 75.2 Å². The van der Waals surface area contributed by atoms with E-state index in [0.717, 1.165) is 41.0 Å². The van der Waals surface area contributed by atoms with Gasteiger partial charge in [-0.3, -0.25) is 19.5 Å². The van der Waals surface area contributed by atoms with E-state index in [9.17, 15) is 35.9 Å². The van der Waals surface area contributed by atoms with Gasteiger partial charge in [0.05, 0.1) is 30.4 Å². The van der Waals surface area contributed by atoms with Gasteiger partial charge in [-0.15, -0.1) is 11.3 Å². The van der Waals surface area contributed by atoms with Gasteiger partial charge in [-0.1, -0.05) is 17.7 Å². The number of hydrogen-bond donors (Lipinski definition) is 0. The summed E-state index contributed by atoms with van der Waals surface area (Å²) in [6.45, 7) is 2.69. The summed E-state index contributed by atoms with van der Waals surface area (Å²) in [5.74, 6) is -1.77. The van der Waals surface area contributed by atoms with Crippen LogP contribution in [0.1, 0.15) is 51.2 Å². The molecular formula is C33H33ClF6N4O4S. The Kier molecular flexibility index (Phi) is 10.2. The number of hydrogen-bond acceptors (Lipinski definition) is 7. The summed E-state index contributed by atoms with van der Waals surface area (Å²) in [4.78, 5) is 36.8. The summed E-state index contributed by atoms with van der Waals surface area (Å²) in [6, 6.07) is 5.74. The number of fused-ring (bicyclic) bond motifs is 1. The number of halogens is 7. The van der Waals surface area contributed by atoms with Gasteiger partial charge in [0.15, 0.2) is 0 Å². The maximum atomic E-state index is 15.0. The lowest BCUT2D eigenvalue weighted by Crippen LogP contribution is -2.68. The fourth-order valence-corrected chi connectivity index (χ4v) is 7.80. The van der Waals surface area contributed by atoms with Crippen LogP contribution >= 0.6 is 22.9 Å². The summed E-state index contributed by atoms with van der Waals surface area (Å²) in [7, 11) is 0. The summed E-state index contributed by atoms with van der Waals surface area (Å²) in [5.41, 5.74) is -2.03. The molecule has 49 heavy (non-hydrogen) atoms. The molecule has 0 spiro atoms. The lowest BCUT2D eigenvalue weighted by molar-refractivity contribution is -0.160. The van der Waals surface area contributed by atoms with Crippen LogP contribution in [0.3, 0.4) is 0 Å². The van der Waals surface area contributed by atoms with E-state index in [-0.39, 0.29) is 44.6 Å². The Bertz CT molecular complexity index is 1680. The number of carbonyl (C=O) groups excluding carboxylic acids is 2. The lowest BCUT2D eigenvalue weighted by Gasteiger charge is -2.50. The van der Waals surface area contributed by atoms with Crippen molar-refractivity contribution in [1.29, 1.82) is 0 Å². The number of rotatable bonds is 7. The Morgan fingerprint density at radius 2 is 1.80 bits per heavy atom. The van der Waals surface area contributed by atoms with Gasteiger partial charge in [0.2, 0.25) is 5.60 Å². The van der Waals surface area contributed by atoms with Gasteiger partial charge >= 0.3 is 12.4 Å². The van der Waals surface area contributed by atoms with E-state index in [0.29, 0.717) is 55.6 Å². The van der Waals surface area contributed by atoms with Crippen molar-refractivity contribution >= 4 is 34.8 Å². The Morgan fingerprint density at radius 1 is 1.02 bits per heavy atom. The lowest BCUT2D eigenvalue weighted by atomic mass is 9.79. The van der Waals surface area contributed by atoms with Gasteiger partial charge < -0.3 is 19.3 Å². The van der Waals surface area contributed by atoms with Crippen LogP contribution in [0.4, 0.5) is 26.3 Å². The van der Waals surface area contributed by atoms with E-state index in [1.165, 1.54) is 9.80 Å². The van der Waals surface area contributed by atoms with Crippen LogP contribution in [0.2, 0.25) is 5.02 Å². The van der Waals surface area contributed by atoms with Crippen molar-refractivity contribution in [2.45, 2.75) is 56.2 Å². The van der Waals surface area contributed by atoms with Crippen molar-refractivity contribution in [2.24, 2.45) is 0 Å². The average Bonchev–Trinajstić information content (AvgIpc) is 3.56. The molecular weight excluding hydrogens is 698 g/mol. The number of thiophene rings is 1. The van der Waals surface area contributed by atoms with Gasteiger partial charge in [-0.25, -0.2) is 0 Å². The number of pyridine rings is 1. The smallest absolute Gasteiger partial charge is 0.425 e. The van der Waals surface area contributed by atoms with Crippen molar-refractivity contribution in [1.82, 2.24) is 19.7 Å². The fraction of sp³-hybridized carbons (Fsp3) is 0.485. The Labute approximate surface area is 287 Å². The van der Waals surface area contributed by atoms with Crippen LogP contribution in [0, 0.1) is 0 Å². The molecule has 6 rings (SSSR count). The highest BCUT2D eigenvalue weighted by molar-refractivity contribution is 7.10. The summed E-state index contributed by atoms with van der Waals surface area (Å²) >= 11 is 6.66. The third-order valence-electron chi connectivity index (χ3n) is 9.29. The van der Waals surface area contributed by atoms with E-state index in [2.05, 4.69) is 4.98 Å². The van der Waals surface area contributed by atoms with Crippen LogP contribution in [0.15, 0.2) is 48.1 Å². The molecule has 2 amide bonds. The summed E-state index contributed by atoms with van der Waals surface area (Å²) < 4.78 is 95.3.